The third-order valence-corrected chi connectivity index (χ3v) is 4.09. The van der Waals surface area contributed by atoms with Crippen LogP contribution in [-0.4, -0.2) is 22.7 Å². The molecule has 1 N–H and O–H groups in total. The molecule has 0 aliphatic carbocycles. The van der Waals surface area contributed by atoms with Gasteiger partial charge in [-0.05, 0) is 48.2 Å². The van der Waals surface area contributed by atoms with Gasteiger partial charge in [0.15, 0.2) is 0 Å². The van der Waals surface area contributed by atoms with E-state index in [9.17, 15) is 4.79 Å². The van der Waals surface area contributed by atoms with Gasteiger partial charge in [0.1, 0.15) is 5.75 Å². The maximum absolute atomic E-state index is 12.2. The van der Waals surface area contributed by atoms with E-state index in [1.165, 1.54) is 5.56 Å². The molecule has 6 heteroatoms. The first-order valence-electron chi connectivity index (χ1n) is 9.00. The molecule has 0 radical (unpaired) electrons. The number of hydrogen-bond donors (Lipinski definition) is 1. The molecule has 0 bridgehead atoms. The molecule has 0 aliphatic rings. The van der Waals surface area contributed by atoms with Gasteiger partial charge in [-0.25, -0.2) is 0 Å². The molecule has 140 valence electrons. The molecule has 1 amide bonds. The van der Waals surface area contributed by atoms with E-state index >= 15 is 0 Å². The minimum absolute atomic E-state index is 0.0858. The van der Waals surface area contributed by atoms with Crippen LogP contribution < -0.4 is 10.1 Å². The fourth-order valence-corrected chi connectivity index (χ4v) is 2.62. The molecule has 0 aliphatic heterocycles. The number of amides is 1. The number of aromatic nitrogens is 2. The van der Waals surface area contributed by atoms with E-state index in [1.807, 2.05) is 55.5 Å². The number of rotatable bonds is 7. The lowest BCUT2D eigenvalue weighted by Crippen LogP contribution is -2.14. The molecule has 3 aromatic rings. The Morgan fingerprint density at radius 2 is 1.78 bits per heavy atom. The van der Waals surface area contributed by atoms with E-state index in [2.05, 4.69) is 29.4 Å². The second-order valence-corrected chi connectivity index (χ2v) is 6.49. The zero-order valence-electron chi connectivity index (χ0n) is 15.7. The van der Waals surface area contributed by atoms with E-state index in [-0.39, 0.29) is 18.3 Å². The summed E-state index contributed by atoms with van der Waals surface area (Å²) in [7, 11) is 0. The van der Waals surface area contributed by atoms with Crippen molar-refractivity contribution < 1.29 is 13.9 Å². The van der Waals surface area contributed by atoms with Gasteiger partial charge in [-0.1, -0.05) is 43.2 Å². The number of nitrogens with one attached hydrogen (secondary N) is 1. The summed E-state index contributed by atoms with van der Waals surface area (Å²) in [6, 6.07) is 15.4. The van der Waals surface area contributed by atoms with Crippen LogP contribution in [0, 0.1) is 0 Å². The number of carbonyl (C=O) groups excluding carboxylic acids is 1. The van der Waals surface area contributed by atoms with Gasteiger partial charge in [-0.15, -0.1) is 5.10 Å². The van der Waals surface area contributed by atoms with Crippen molar-refractivity contribution in [3.63, 3.8) is 0 Å². The van der Waals surface area contributed by atoms with Crippen molar-refractivity contribution in [2.75, 3.05) is 11.9 Å². The third kappa shape index (κ3) is 4.94. The fourth-order valence-electron chi connectivity index (χ4n) is 2.62. The molecular weight excluding hydrogens is 342 g/mol. The Morgan fingerprint density at radius 3 is 2.41 bits per heavy atom. The molecule has 0 fully saturated rings. The number of carbonyl (C=O) groups is 1. The van der Waals surface area contributed by atoms with Gasteiger partial charge in [-0.3, -0.25) is 10.1 Å². The maximum atomic E-state index is 12.2. The van der Waals surface area contributed by atoms with Gasteiger partial charge in [0.25, 0.3) is 0 Å². The molecule has 3 rings (SSSR count). The highest BCUT2D eigenvalue weighted by Crippen LogP contribution is 2.23. The fraction of sp³-hybridized carbons (Fsp3) is 0.286. The van der Waals surface area contributed by atoms with Gasteiger partial charge in [0.2, 0.25) is 11.8 Å². The number of hydrogen-bond acceptors (Lipinski definition) is 5. The molecule has 6 nitrogen and oxygen atoms in total. The zero-order valence-corrected chi connectivity index (χ0v) is 15.7. The Bertz CT molecular complexity index is 884. The standard InChI is InChI=1S/C21H23N3O3/c1-4-26-18-11-9-17(10-12-18)20-23-24-21(27-20)22-19(25)13-15-5-7-16(8-6-15)14(2)3/h5-12,14H,4,13H2,1-3H3,(H,22,24,25). The van der Waals surface area contributed by atoms with Crippen LogP contribution in [-0.2, 0) is 11.2 Å². The second kappa shape index (κ2) is 8.49. The molecule has 0 saturated carbocycles. The van der Waals surface area contributed by atoms with Gasteiger partial charge in [-0.2, -0.15) is 0 Å². The largest absolute Gasteiger partial charge is 0.494 e. The average Bonchev–Trinajstić information content (AvgIpc) is 3.11. The Balaban J connectivity index is 1.60. The molecule has 1 aromatic heterocycles. The molecule has 1 heterocycles. The zero-order chi connectivity index (χ0) is 19.2. The first-order valence-corrected chi connectivity index (χ1v) is 9.00. The van der Waals surface area contributed by atoms with Gasteiger partial charge in [0.05, 0.1) is 13.0 Å². The van der Waals surface area contributed by atoms with E-state index in [1.54, 1.807) is 0 Å². The number of nitrogens with zero attached hydrogens (tertiary/aromatic N) is 2. The first-order chi connectivity index (χ1) is 13.0. The topological polar surface area (TPSA) is 77.3 Å². The number of anilines is 1. The number of benzene rings is 2. The highest BCUT2D eigenvalue weighted by molar-refractivity contribution is 5.90. The van der Waals surface area contributed by atoms with Crippen LogP contribution in [0.25, 0.3) is 11.5 Å². The van der Waals surface area contributed by atoms with Crippen LogP contribution in [0.2, 0.25) is 0 Å². The molecule has 0 atom stereocenters. The lowest BCUT2D eigenvalue weighted by atomic mass is 10.0. The predicted molar refractivity (Wildman–Crippen MR) is 104 cm³/mol. The van der Waals surface area contributed by atoms with Crippen molar-refractivity contribution in [1.82, 2.24) is 10.2 Å². The van der Waals surface area contributed by atoms with Crippen LogP contribution >= 0.6 is 0 Å². The van der Waals surface area contributed by atoms with Crippen LogP contribution in [0.1, 0.15) is 37.8 Å². The third-order valence-electron chi connectivity index (χ3n) is 4.09. The number of ether oxygens (including phenoxy) is 1. The van der Waals surface area contributed by atoms with E-state index in [0.717, 1.165) is 16.9 Å². The highest BCUT2D eigenvalue weighted by atomic mass is 16.5. The van der Waals surface area contributed by atoms with E-state index in [0.29, 0.717) is 18.4 Å². The lowest BCUT2D eigenvalue weighted by Gasteiger charge is -2.06. The first kappa shape index (κ1) is 18.6. The maximum Gasteiger partial charge on any atom is 0.322 e. The summed E-state index contributed by atoms with van der Waals surface area (Å²) >= 11 is 0. The van der Waals surface area contributed by atoms with E-state index in [4.69, 9.17) is 9.15 Å². The predicted octanol–water partition coefficient (Wildman–Crippen LogP) is 4.44. The van der Waals surface area contributed by atoms with Crippen molar-refractivity contribution in [3.8, 4) is 17.2 Å². The Labute approximate surface area is 158 Å². The normalized spacial score (nSPS) is 10.8. The Morgan fingerprint density at radius 1 is 1.07 bits per heavy atom. The van der Waals surface area contributed by atoms with Crippen LogP contribution in [0.5, 0.6) is 5.75 Å². The van der Waals surface area contributed by atoms with Crippen molar-refractivity contribution in [1.29, 1.82) is 0 Å². The molecule has 27 heavy (non-hydrogen) atoms. The summed E-state index contributed by atoms with van der Waals surface area (Å²) in [5, 5.41) is 10.5. The van der Waals surface area contributed by atoms with Gasteiger partial charge < -0.3 is 9.15 Å². The average molecular weight is 365 g/mol. The molecule has 2 aromatic carbocycles. The van der Waals surface area contributed by atoms with Gasteiger partial charge in [0, 0.05) is 5.56 Å². The minimum Gasteiger partial charge on any atom is -0.494 e. The lowest BCUT2D eigenvalue weighted by molar-refractivity contribution is -0.115. The van der Waals surface area contributed by atoms with Crippen LogP contribution in [0.3, 0.4) is 0 Å². The molecule has 0 unspecified atom stereocenters. The molecule has 0 saturated heterocycles. The van der Waals surface area contributed by atoms with Crippen molar-refractivity contribution in [3.05, 3.63) is 59.7 Å². The summed E-state index contributed by atoms with van der Waals surface area (Å²) in [6.07, 6.45) is 0.249. The summed E-state index contributed by atoms with van der Waals surface area (Å²) < 4.78 is 10.9. The van der Waals surface area contributed by atoms with Gasteiger partial charge >= 0.3 is 6.01 Å². The quantitative estimate of drug-likeness (QED) is 0.670. The molecule has 0 spiro atoms. The summed E-state index contributed by atoms with van der Waals surface area (Å²) in [6.45, 7) is 6.81. The van der Waals surface area contributed by atoms with Crippen molar-refractivity contribution in [2.45, 2.75) is 33.1 Å². The second-order valence-electron chi connectivity index (χ2n) is 6.49. The SMILES string of the molecule is CCOc1ccc(-c2nnc(NC(=O)Cc3ccc(C(C)C)cc3)o2)cc1. The Hall–Kier alpha value is -3.15. The van der Waals surface area contributed by atoms with E-state index < -0.39 is 0 Å². The molecular formula is C21H23N3O3. The smallest absolute Gasteiger partial charge is 0.322 e. The van der Waals surface area contributed by atoms with Crippen LogP contribution in [0.15, 0.2) is 52.9 Å². The summed E-state index contributed by atoms with van der Waals surface area (Å²) in [5.74, 6) is 1.38. The van der Waals surface area contributed by atoms with Crippen LogP contribution in [0.4, 0.5) is 6.01 Å². The van der Waals surface area contributed by atoms with Crippen molar-refractivity contribution >= 4 is 11.9 Å². The minimum atomic E-state index is -0.200. The summed E-state index contributed by atoms with van der Waals surface area (Å²) in [5.41, 5.74) is 2.94. The Kier molecular flexibility index (Phi) is 5.86. The summed E-state index contributed by atoms with van der Waals surface area (Å²) in [4.78, 5) is 12.2. The monoisotopic (exact) mass is 365 g/mol. The highest BCUT2D eigenvalue weighted by Gasteiger charge is 2.12. The van der Waals surface area contributed by atoms with Crippen molar-refractivity contribution in [2.24, 2.45) is 0 Å².